The maximum atomic E-state index is 13.2. The van der Waals surface area contributed by atoms with E-state index < -0.39 is 11.6 Å². The molecule has 1 aliphatic heterocycles. The highest BCUT2D eigenvalue weighted by atomic mass is 79.9. The van der Waals surface area contributed by atoms with Crippen molar-refractivity contribution in [2.75, 3.05) is 13.7 Å². The van der Waals surface area contributed by atoms with Crippen LogP contribution in [0.4, 0.5) is 0 Å². The van der Waals surface area contributed by atoms with Crippen LogP contribution in [0.15, 0.2) is 46.9 Å². The summed E-state index contributed by atoms with van der Waals surface area (Å²) >= 11 is 9.72. The summed E-state index contributed by atoms with van der Waals surface area (Å²) in [6.07, 6.45) is -0.0218. The number of halogens is 2. The highest BCUT2D eigenvalue weighted by molar-refractivity contribution is 9.10. The number of benzene rings is 2. The molecule has 1 fully saturated rings. The van der Waals surface area contributed by atoms with E-state index in [0.717, 1.165) is 21.3 Å². The van der Waals surface area contributed by atoms with Crippen molar-refractivity contribution >= 4 is 39.7 Å². The van der Waals surface area contributed by atoms with Gasteiger partial charge in [0, 0.05) is 22.5 Å². The molecule has 0 saturated carbocycles. The number of amides is 1. The molecule has 0 aromatic heterocycles. The van der Waals surface area contributed by atoms with Crippen LogP contribution in [0.25, 0.3) is 0 Å². The van der Waals surface area contributed by atoms with Crippen LogP contribution in [-0.4, -0.2) is 36.9 Å². The van der Waals surface area contributed by atoms with E-state index in [1.165, 1.54) is 0 Å². The smallest absolute Gasteiger partial charge is 0.253 e. The third-order valence-electron chi connectivity index (χ3n) is 5.00. The summed E-state index contributed by atoms with van der Waals surface area (Å²) in [7, 11) is 1.61. The average Bonchev–Trinajstić information content (AvgIpc) is 2.67. The minimum atomic E-state index is -0.772. The van der Waals surface area contributed by atoms with Crippen LogP contribution < -0.4 is 4.74 Å². The van der Waals surface area contributed by atoms with Gasteiger partial charge in [-0.1, -0.05) is 39.7 Å². The van der Waals surface area contributed by atoms with Gasteiger partial charge in [-0.15, -0.1) is 0 Å². The first-order chi connectivity index (χ1) is 13.4. The molecule has 0 radical (unpaired) electrons. The van der Waals surface area contributed by atoms with Gasteiger partial charge in [0.05, 0.1) is 19.3 Å². The quantitative estimate of drug-likeness (QED) is 0.594. The van der Waals surface area contributed by atoms with Gasteiger partial charge in [-0.05, 0) is 48.4 Å². The van der Waals surface area contributed by atoms with Crippen molar-refractivity contribution in [2.45, 2.75) is 31.5 Å². The zero-order valence-electron chi connectivity index (χ0n) is 15.7. The molecule has 1 amide bonds. The summed E-state index contributed by atoms with van der Waals surface area (Å²) in [4.78, 5) is 25.9. The second-order valence-corrected chi connectivity index (χ2v) is 8.26. The van der Waals surface area contributed by atoms with Crippen LogP contribution in [0, 0.1) is 0 Å². The zero-order valence-corrected chi connectivity index (χ0v) is 18.0. The van der Waals surface area contributed by atoms with Crippen molar-refractivity contribution < 1.29 is 19.1 Å². The lowest BCUT2D eigenvalue weighted by molar-refractivity contribution is -0.173. The number of rotatable bonds is 6. The molecule has 0 bridgehead atoms. The van der Waals surface area contributed by atoms with Gasteiger partial charge in [0.2, 0.25) is 0 Å². The molecule has 3 rings (SSSR count). The lowest BCUT2D eigenvalue weighted by Gasteiger charge is -2.47. The summed E-state index contributed by atoms with van der Waals surface area (Å²) in [5.74, 6) is 0.533. The number of aldehydes is 1. The summed E-state index contributed by atoms with van der Waals surface area (Å²) in [6.45, 7) is 2.59. The van der Waals surface area contributed by atoms with Crippen molar-refractivity contribution in [1.29, 1.82) is 0 Å². The third-order valence-corrected chi connectivity index (χ3v) is 5.67. The number of carbonyl (C=O) groups excluding carboxylic acids is 2. The topological polar surface area (TPSA) is 55.8 Å². The highest BCUT2D eigenvalue weighted by Crippen LogP contribution is 2.38. The van der Waals surface area contributed by atoms with Gasteiger partial charge in [0.1, 0.15) is 18.1 Å². The van der Waals surface area contributed by atoms with Crippen molar-refractivity contribution in [2.24, 2.45) is 0 Å². The lowest BCUT2D eigenvalue weighted by Crippen LogP contribution is -2.58. The van der Waals surface area contributed by atoms with Crippen LogP contribution in [0.1, 0.15) is 24.5 Å². The number of nitrogens with zero attached hydrogens (tertiary/aromatic N) is 1. The molecule has 2 aromatic rings. The third kappa shape index (κ3) is 4.24. The Morgan fingerprint density at radius 2 is 2.04 bits per heavy atom. The molecular weight excluding hydrogens is 446 g/mol. The van der Waals surface area contributed by atoms with Gasteiger partial charge in [0.15, 0.2) is 0 Å². The molecule has 2 aromatic carbocycles. The van der Waals surface area contributed by atoms with E-state index in [1.807, 2.05) is 43.3 Å². The number of morpholine rings is 1. The SMILES string of the molecule is COc1ccc(CN2C(=O)C(CC=O)OCC2(C)c2cc(Cl)cc(Br)c2)cc1. The van der Waals surface area contributed by atoms with Crippen LogP contribution in [0.5, 0.6) is 5.75 Å². The van der Waals surface area contributed by atoms with Crippen molar-refractivity contribution in [3.63, 3.8) is 0 Å². The Kier molecular flexibility index (Phi) is 6.43. The lowest BCUT2D eigenvalue weighted by atomic mass is 9.88. The molecule has 148 valence electrons. The predicted molar refractivity (Wildman–Crippen MR) is 110 cm³/mol. The molecule has 0 aliphatic carbocycles. The fraction of sp³-hybridized carbons (Fsp3) is 0.333. The Balaban J connectivity index is 2.00. The maximum absolute atomic E-state index is 13.2. The minimum Gasteiger partial charge on any atom is -0.497 e. The summed E-state index contributed by atoms with van der Waals surface area (Å²) in [5, 5.41) is 0.567. The van der Waals surface area contributed by atoms with E-state index in [4.69, 9.17) is 21.1 Å². The molecule has 0 N–H and O–H groups in total. The van der Waals surface area contributed by atoms with Gasteiger partial charge in [0.25, 0.3) is 5.91 Å². The van der Waals surface area contributed by atoms with E-state index in [9.17, 15) is 9.59 Å². The Morgan fingerprint density at radius 3 is 2.64 bits per heavy atom. The van der Waals surface area contributed by atoms with Gasteiger partial charge in [-0.25, -0.2) is 0 Å². The molecule has 0 spiro atoms. The summed E-state index contributed by atoms with van der Waals surface area (Å²) < 4.78 is 11.8. The first-order valence-corrected chi connectivity index (χ1v) is 10.0. The minimum absolute atomic E-state index is 0.0350. The maximum Gasteiger partial charge on any atom is 0.253 e. The first kappa shape index (κ1) is 20.8. The van der Waals surface area contributed by atoms with Crippen molar-refractivity contribution in [3.05, 3.63) is 63.1 Å². The Bertz CT molecular complexity index is 853. The Morgan fingerprint density at radius 1 is 1.32 bits per heavy atom. The number of hydrogen-bond donors (Lipinski definition) is 0. The van der Waals surface area contributed by atoms with Crippen LogP contribution in [0.2, 0.25) is 5.02 Å². The van der Waals surface area contributed by atoms with Crippen molar-refractivity contribution in [1.82, 2.24) is 4.90 Å². The fourth-order valence-electron chi connectivity index (χ4n) is 3.36. The standard InChI is InChI=1S/C21H21BrClNO4/c1-21(15-9-16(22)11-17(23)10-15)13-28-19(7-8-25)20(26)24(21)12-14-3-5-18(27-2)6-4-14/h3-6,8-11,19H,7,12-13H2,1-2H3. The van der Waals surface area contributed by atoms with E-state index in [2.05, 4.69) is 15.9 Å². The number of methoxy groups -OCH3 is 1. The molecule has 2 atom stereocenters. The second kappa shape index (κ2) is 8.64. The second-order valence-electron chi connectivity index (χ2n) is 6.91. The van der Waals surface area contributed by atoms with Crippen LogP contribution >= 0.6 is 27.5 Å². The van der Waals surface area contributed by atoms with E-state index >= 15 is 0 Å². The molecule has 2 unspecified atom stereocenters. The van der Waals surface area contributed by atoms with Gasteiger partial charge >= 0.3 is 0 Å². The molecule has 7 heteroatoms. The Hall–Kier alpha value is -1.89. The predicted octanol–water partition coefficient (Wildman–Crippen LogP) is 4.34. The van der Waals surface area contributed by atoms with Crippen LogP contribution in [-0.2, 0) is 26.4 Å². The first-order valence-electron chi connectivity index (χ1n) is 8.83. The molecule has 5 nitrogen and oxygen atoms in total. The van der Waals surface area contributed by atoms with Gasteiger partial charge in [-0.2, -0.15) is 0 Å². The number of carbonyl (C=O) groups is 2. The molecule has 1 saturated heterocycles. The monoisotopic (exact) mass is 465 g/mol. The largest absolute Gasteiger partial charge is 0.497 e. The van der Waals surface area contributed by atoms with Crippen molar-refractivity contribution in [3.8, 4) is 5.75 Å². The normalized spacial score (nSPS) is 22.2. The van der Waals surface area contributed by atoms with Crippen LogP contribution in [0.3, 0.4) is 0 Å². The molecule has 1 aliphatic rings. The highest BCUT2D eigenvalue weighted by Gasteiger charge is 2.45. The average molecular weight is 467 g/mol. The Labute approximate surface area is 177 Å². The molecular formula is C21H21BrClNO4. The molecule has 1 heterocycles. The van der Waals surface area contributed by atoms with E-state index in [0.29, 0.717) is 17.9 Å². The van der Waals surface area contributed by atoms with E-state index in [-0.39, 0.29) is 18.9 Å². The summed E-state index contributed by atoms with van der Waals surface area (Å²) in [6, 6.07) is 13.1. The number of ether oxygens (including phenoxy) is 2. The summed E-state index contributed by atoms with van der Waals surface area (Å²) in [5.41, 5.74) is 1.08. The van der Waals surface area contributed by atoms with Gasteiger partial charge in [-0.3, -0.25) is 4.79 Å². The fourth-order valence-corrected chi connectivity index (χ4v) is 4.22. The molecule has 28 heavy (non-hydrogen) atoms. The van der Waals surface area contributed by atoms with E-state index in [1.54, 1.807) is 18.1 Å². The number of hydrogen-bond acceptors (Lipinski definition) is 4. The zero-order chi connectivity index (χ0) is 20.3. The van der Waals surface area contributed by atoms with Gasteiger partial charge < -0.3 is 19.2 Å².